The Labute approximate surface area is 162 Å². The minimum absolute atomic E-state index is 0.0281. The Morgan fingerprint density at radius 3 is 2.54 bits per heavy atom. The lowest BCUT2D eigenvalue weighted by molar-refractivity contribution is 0.318. The van der Waals surface area contributed by atoms with Gasteiger partial charge in [-0.25, -0.2) is 0 Å². The van der Waals surface area contributed by atoms with Crippen LogP contribution in [0.25, 0.3) is 11.1 Å². The molecule has 0 saturated heterocycles. The summed E-state index contributed by atoms with van der Waals surface area (Å²) in [5, 5.41) is 0. The summed E-state index contributed by atoms with van der Waals surface area (Å²) >= 11 is 1.85. The zero-order valence-electron chi connectivity index (χ0n) is 16.6. The molecule has 2 aromatic carbocycles. The Morgan fingerprint density at radius 2 is 1.88 bits per heavy atom. The van der Waals surface area contributed by atoms with Crippen molar-refractivity contribution in [3.05, 3.63) is 47.0 Å². The van der Waals surface area contributed by atoms with Crippen molar-refractivity contribution in [2.75, 3.05) is 25.2 Å². The third kappa shape index (κ3) is 4.54. The fraction of sp³-hybridized carbons (Fsp3) is 0.455. The van der Waals surface area contributed by atoms with Crippen molar-refractivity contribution >= 4 is 11.8 Å². The highest BCUT2D eigenvalue weighted by Crippen LogP contribution is 2.42. The van der Waals surface area contributed by atoms with Crippen molar-refractivity contribution in [3.8, 4) is 22.6 Å². The predicted octanol–water partition coefficient (Wildman–Crippen LogP) is 5.52. The van der Waals surface area contributed by atoms with E-state index in [-0.39, 0.29) is 6.04 Å². The normalized spacial score (nSPS) is 14.9. The van der Waals surface area contributed by atoms with Crippen molar-refractivity contribution in [1.29, 1.82) is 0 Å². The molecule has 0 saturated carbocycles. The number of para-hydroxylation sites is 1. The predicted molar refractivity (Wildman–Crippen MR) is 114 cm³/mol. The molecule has 2 aromatic rings. The number of fused-ring (bicyclic) bond motifs is 1. The number of ether oxygens (including phenoxy) is 2. The maximum Gasteiger partial charge on any atom is 0.132 e. The molecule has 4 heteroatoms. The highest BCUT2D eigenvalue weighted by Gasteiger charge is 2.25. The molecule has 0 spiro atoms. The molecule has 1 unspecified atom stereocenters. The summed E-state index contributed by atoms with van der Waals surface area (Å²) in [5.74, 6) is 3.01. The van der Waals surface area contributed by atoms with Gasteiger partial charge >= 0.3 is 0 Å². The Kier molecular flexibility index (Phi) is 7.85. The second-order valence-corrected chi connectivity index (χ2v) is 7.25. The van der Waals surface area contributed by atoms with Gasteiger partial charge in [0, 0.05) is 11.1 Å². The van der Waals surface area contributed by atoms with Gasteiger partial charge in [-0.15, -0.1) is 0 Å². The largest absolute Gasteiger partial charge is 0.494 e. The first-order valence-electron chi connectivity index (χ1n) is 9.36. The minimum Gasteiger partial charge on any atom is -0.494 e. The standard InChI is InChI=1S/C20H25NO2S.C2H6/c1-13-10-15(22-8-5-9-24-3)11-14(2)19(13)17-7-4-6-16-18(21)12-23-20(16)17;1-2/h4,6-7,10-11,18H,5,8-9,12,21H2,1-3H3;1-2H3. The molecule has 1 aliphatic heterocycles. The number of rotatable bonds is 6. The molecular weight excluding hydrogens is 342 g/mol. The number of thioether (sulfide) groups is 1. The van der Waals surface area contributed by atoms with E-state index in [0.717, 1.165) is 41.4 Å². The van der Waals surface area contributed by atoms with Crippen molar-refractivity contribution in [3.63, 3.8) is 0 Å². The number of hydrogen-bond acceptors (Lipinski definition) is 4. The van der Waals surface area contributed by atoms with E-state index in [9.17, 15) is 0 Å². The summed E-state index contributed by atoms with van der Waals surface area (Å²) in [4.78, 5) is 0. The molecule has 3 rings (SSSR count). The van der Waals surface area contributed by atoms with Gasteiger partial charge in [-0.3, -0.25) is 0 Å². The third-order valence-corrected chi connectivity index (χ3v) is 5.09. The molecule has 0 aromatic heterocycles. The van der Waals surface area contributed by atoms with Crippen molar-refractivity contribution < 1.29 is 9.47 Å². The molecule has 3 nitrogen and oxygen atoms in total. The van der Waals surface area contributed by atoms with E-state index in [1.54, 1.807) is 0 Å². The molecule has 1 aliphatic rings. The molecule has 0 amide bonds. The number of aryl methyl sites for hydroxylation is 2. The lowest BCUT2D eigenvalue weighted by Crippen LogP contribution is -2.10. The Morgan fingerprint density at radius 1 is 1.19 bits per heavy atom. The highest BCUT2D eigenvalue weighted by molar-refractivity contribution is 7.98. The van der Waals surface area contributed by atoms with E-state index in [1.807, 2.05) is 25.6 Å². The Hall–Kier alpha value is -1.65. The monoisotopic (exact) mass is 373 g/mol. The van der Waals surface area contributed by atoms with E-state index in [1.165, 1.54) is 16.7 Å². The van der Waals surface area contributed by atoms with E-state index in [4.69, 9.17) is 15.2 Å². The summed E-state index contributed by atoms with van der Waals surface area (Å²) in [6.07, 6.45) is 3.19. The Bertz CT molecular complexity index is 707. The lowest BCUT2D eigenvalue weighted by Gasteiger charge is -2.16. The molecule has 1 heterocycles. The van der Waals surface area contributed by atoms with Crippen LogP contribution in [0.5, 0.6) is 11.5 Å². The number of benzene rings is 2. The summed E-state index contributed by atoms with van der Waals surface area (Å²) in [6.45, 7) is 9.58. The van der Waals surface area contributed by atoms with Crippen molar-refractivity contribution in [2.45, 2.75) is 40.2 Å². The van der Waals surface area contributed by atoms with Crippen LogP contribution in [-0.2, 0) is 0 Å². The number of nitrogens with two attached hydrogens (primary N) is 1. The van der Waals surface area contributed by atoms with Crippen molar-refractivity contribution in [2.24, 2.45) is 5.73 Å². The lowest BCUT2D eigenvalue weighted by atomic mass is 9.93. The molecule has 26 heavy (non-hydrogen) atoms. The van der Waals surface area contributed by atoms with Gasteiger partial charge in [0.1, 0.15) is 18.1 Å². The smallest absolute Gasteiger partial charge is 0.132 e. The molecule has 0 fully saturated rings. The Balaban J connectivity index is 0.00000117. The summed E-state index contributed by atoms with van der Waals surface area (Å²) < 4.78 is 11.8. The third-order valence-electron chi connectivity index (χ3n) is 4.39. The molecule has 142 valence electrons. The second-order valence-electron chi connectivity index (χ2n) is 6.27. The highest BCUT2D eigenvalue weighted by atomic mass is 32.2. The van der Waals surface area contributed by atoms with Gasteiger partial charge in [-0.05, 0) is 61.1 Å². The van der Waals surface area contributed by atoms with E-state index >= 15 is 0 Å². The van der Waals surface area contributed by atoms with Crippen LogP contribution in [0.2, 0.25) is 0 Å². The zero-order chi connectivity index (χ0) is 19.1. The molecule has 2 N–H and O–H groups in total. The van der Waals surface area contributed by atoms with Gasteiger partial charge in [-0.2, -0.15) is 11.8 Å². The van der Waals surface area contributed by atoms with Gasteiger partial charge in [0.05, 0.1) is 12.6 Å². The quantitative estimate of drug-likeness (QED) is 0.677. The van der Waals surface area contributed by atoms with Crippen LogP contribution in [-0.4, -0.2) is 25.2 Å². The summed E-state index contributed by atoms with van der Waals surface area (Å²) in [5.41, 5.74) is 12.0. The van der Waals surface area contributed by atoms with Crippen LogP contribution in [0, 0.1) is 13.8 Å². The van der Waals surface area contributed by atoms with E-state index in [2.05, 4.69) is 50.4 Å². The number of hydrogen-bond donors (Lipinski definition) is 1. The van der Waals surface area contributed by atoms with Gasteiger partial charge in [0.25, 0.3) is 0 Å². The average Bonchev–Trinajstić information content (AvgIpc) is 3.02. The van der Waals surface area contributed by atoms with Crippen LogP contribution in [0.3, 0.4) is 0 Å². The van der Waals surface area contributed by atoms with Crippen LogP contribution in [0.1, 0.15) is 43.0 Å². The molecule has 0 aliphatic carbocycles. The second kappa shape index (κ2) is 9.89. The van der Waals surface area contributed by atoms with Crippen LogP contribution < -0.4 is 15.2 Å². The zero-order valence-corrected chi connectivity index (χ0v) is 17.4. The fourth-order valence-corrected chi connectivity index (χ4v) is 3.70. The SMILES string of the molecule is CC.CSCCCOc1cc(C)c(-c2cccc3c2OCC3N)c(C)c1. The molecule has 0 radical (unpaired) electrons. The molecule has 1 atom stereocenters. The fourth-order valence-electron chi connectivity index (χ4n) is 3.29. The van der Waals surface area contributed by atoms with Crippen LogP contribution in [0.4, 0.5) is 0 Å². The van der Waals surface area contributed by atoms with Gasteiger partial charge in [0.15, 0.2) is 0 Å². The van der Waals surface area contributed by atoms with E-state index in [0.29, 0.717) is 6.61 Å². The van der Waals surface area contributed by atoms with Crippen molar-refractivity contribution in [1.82, 2.24) is 0 Å². The first-order chi connectivity index (χ1) is 12.6. The van der Waals surface area contributed by atoms with Gasteiger partial charge in [0.2, 0.25) is 0 Å². The first-order valence-corrected chi connectivity index (χ1v) is 10.8. The van der Waals surface area contributed by atoms with Crippen LogP contribution >= 0.6 is 11.8 Å². The topological polar surface area (TPSA) is 44.5 Å². The molecular formula is C22H31NO2S. The van der Waals surface area contributed by atoms with Gasteiger partial charge in [-0.1, -0.05) is 32.0 Å². The maximum atomic E-state index is 6.13. The first kappa shape index (κ1) is 20.7. The van der Waals surface area contributed by atoms with E-state index < -0.39 is 0 Å². The molecule has 0 bridgehead atoms. The van der Waals surface area contributed by atoms with Crippen LogP contribution in [0.15, 0.2) is 30.3 Å². The minimum atomic E-state index is -0.0281. The van der Waals surface area contributed by atoms with Gasteiger partial charge < -0.3 is 15.2 Å². The maximum absolute atomic E-state index is 6.13. The average molecular weight is 374 g/mol. The summed E-state index contributed by atoms with van der Waals surface area (Å²) in [7, 11) is 0. The summed E-state index contributed by atoms with van der Waals surface area (Å²) in [6, 6.07) is 10.5.